The number of hydrogen-bond acceptors (Lipinski definition) is 4. The van der Waals surface area contributed by atoms with Crippen LogP contribution in [0.5, 0.6) is 11.5 Å². The van der Waals surface area contributed by atoms with E-state index in [1.54, 1.807) is 13.2 Å². The topological polar surface area (TPSA) is 53.0 Å². The molecule has 6 rings (SSSR count). The molecule has 29 heavy (non-hydrogen) atoms. The van der Waals surface area contributed by atoms with Crippen LogP contribution < -0.4 is 4.74 Å². The molecule has 3 atom stereocenters. The first kappa shape index (κ1) is 18.5. The third-order valence-electron chi connectivity index (χ3n) is 7.26. The number of phenolic OH excluding ortho intramolecular Hbond substituents is 1. The Morgan fingerprint density at radius 2 is 1.79 bits per heavy atom. The van der Waals surface area contributed by atoms with E-state index in [1.807, 2.05) is 31.2 Å². The average molecular weight is 392 g/mol. The van der Waals surface area contributed by atoms with Crippen LogP contribution in [0.2, 0.25) is 0 Å². The Bertz CT molecular complexity index is 918. The maximum absolute atomic E-state index is 13.5. The molecule has 2 aromatic rings. The molecule has 0 saturated carbocycles. The van der Waals surface area contributed by atoms with Gasteiger partial charge < -0.3 is 14.7 Å². The fraction of sp³-hybridized carbons (Fsp3) is 0.458. The molecular weight excluding hydrogens is 364 g/mol. The van der Waals surface area contributed by atoms with E-state index in [4.69, 9.17) is 4.74 Å². The van der Waals surface area contributed by atoms with Crippen molar-refractivity contribution in [3.8, 4) is 11.5 Å². The van der Waals surface area contributed by atoms with Crippen LogP contribution in [0.15, 0.2) is 42.5 Å². The van der Waals surface area contributed by atoms with Crippen LogP contribution in [0.1, 0.15) is 40.2 Å². The van der Waals surface area contributed by atoms with E-state index in [1.165, 1.54) is 18.4 Å². The minimum absolute atomic E-state index is 0.0417. The van der Waals surface area contributed by atoms with Gasteiger partial charge in [-0.3, -0.25) is 9.69 Å². The second-order valence-corrected chi connectivity index (χ2v) is 8.69. The number of nitrogens with zero attached hydrogens (tertiary/aromatic N) is 2. The zero-order valence-electron chi connectivity index (χ0n) is 17.0. The molecule has 2 bridgehead atoms. The van der Waals surface area contributed by atoms with Gasteiger partial charge in [0, 0.05) is 24.1 Å². The summed E-state index contributed by atoms with van der Waals surface area (Å²) in [5.41, 5.74) is 2.65. The standard InChI is InChI=1S/C24H28N2O3/c1-15-3-4-18(13-21(15)27)24(28)26-14-20(16-5-7-19(29-2)8-6-16)23-22(26)17-9-11-25(23)12-10-17/h3-8,13,17,20,22-23,27H,9-12,14H2,1-2H3/t20-,22+,23+/m0/s1. The zero-order valence-corrected chi connectivity index (χ0v) is 17.0. The molecule has 4 aliphatic heterocycles. The van der Waals surface area contributed by atoms with Gasteiger partial charge in [0.15, 0.2) is 0 Å². The maximum atomic E-state index is 13.5. The highest BCUT2D eigenvalue weighted by Crippen LogP contribution is 2.47. The van der Waals surface area contributed by atoms with Crippen molar-refractivity contribution >= 4 is 5.91 Å². The summed E-state index contributed by atoms with van der Waals surface area (Å²) in [5.74, 6) is 1.96. The number of carbonyl (C=O) groups is 1. The lowest BCUT2D eigenvalue weighted by atomic mass is 9.75. The van der Waals surface area contributed by atoms with Gasteiger partial charge in [0.05, 0.1) is 13.2 Å². The molecule has 5 heteroatoms. The Labute approximate surface area is 171 Å². The van der Waals surface area contributed by atoms with E-state index in [2.05, 4.69) is 21.9 Å². The Kier molecular flexibility index (Phi) is 4.50. The summed E-state index contributed by atoms with van der Waals surface area (Å²) in [6, 6.07) is 14.2. The van der Waals surface area contributed by atoms with Gasteiger partial charge in [0.1, 0.15) is 11.5 Å². The van der Waals surface area contributed by atoms with E-state index >= 15 is 0 Å². The minimum atomic E-state index is 0.0417. The van der Waals surface area contributed by atoms with E-state index in [9.17, 15) is 9.90 Å². The molecule has 1 amide bonds. The van der Waals surface area contributed by atoms with Gasteiger partial charge >= 0.3 is 0 Å². The summed E-state index contributed by atoms with van der Waals surface area (Å²) in [6.45, 7) is 4.84. The van der Waals surface area contributed by atoms with E-state index in [-0.39, 0.29) is 17.7 Å². The number of phenols is 1. The molecule has 152 valence electrons. The summed E-state index contributed by atoms with van der Waals surface area (Å²) in [7, 11) is 1.68. The molecule has 4 heterocycles. The zero-order chi connectivity index (χ0) is 20.1. The predicted octanol–water partition coefficient (Wildman–Crippen LogP) is 3.41. The number of aryl methyl sites for hydroxylation is 1. The van der Waals surface area contributed by atoms with Crippen molar-refractivity contribution in [3.05, 3.63) is 59.2 Å². The lowest BCUT2D eigenvalue weighted by molar-refractivity contribution is -0.00341. The smallest absolute Gasteiger partial charge is 0.254 e. The average Bonchev–Trinajstić information content (AvgIpc) is 3.19. The largest absolute Gasteiger partial charge is 0.508 e. The monoisotopic (exact) mass is 392 g/mol. The maximum Gasteiger partial charge on any atom is 0.254 e. The van der Waals surface area contributed by atoms with Crippen molar-refractivity contribution in [1.82, 2.24) is 9.80 Å². The van der Waals surface area contributed by atoms with Gasteiger partial charge in [0.2, 0.25) is 0 Å². The van der Waals surface area contributed by atoms with Crippen LogP contribution >= 0.6 is 0 Å². The highest BCUT2D eigenvalue weighted by molar-refractivity contribution is 5.95. The van der Waals surface area contributed by atoms with Crippen LogP contribution in [0.25, 0.3) is 0 Å². The fourth-order valence-corrected chi connectivity index (χ4v) is 5.71. The molecule has 4 aliphatic rings. The van der Waals surface area contributed by atoms with Crippen LogP contribution in [0.3, 0.4) is 0 Å². The summed E-state index contributed by atoms with van der Waals surface area (Å²) in [5, 5.41) is 10.1. The van der Waals surface area contributed by atoms with Crippen LogP contribution in [-0.2, 0) is 0 Å². The number of rotatable bonds is 3. The molecule has 4 saturated heterocycles. The van der Waals surface area contributed by atoms with Crippen molar-refractivity contribution in [1.29, 1.82) is 0 Å². The van der Waals surface area contributed by atoms with Gasteiger partial charge in [-0.05, 0) is 74.2 Å². The van der Waals surface area contributed by atoms with Gasteiger partial charge in [-0.15, -0.1) is 0 Å². The Morgan fingerprint density at radius 3 is 2.45 bits per heavy atom. The summed E-state index contributed by atoms with van der Waals surface area (Å²) < 4.78 is 5.33. The number of hydrogen-bond donors (Lipinski definition) is 1. The number of carbonyl (C=O) groups excluding carboxylic acids is 1. The molecule has 0 spiro atoms. The third kappa shape index (κ3) is 2.99. The molecule has 0 aliphatic carbocycles. The first-order valence-corrected chi connectivity index (χ1v) is 10.6. The Morgan fingerprint density at radius 1 is 1.07 bits per heavy atom. The van der Waals surface area contributed by atoms with E-state index in [0.717, 1.165) is 30.9 Å². The molecule has 1 N–H and O–H groups in total. The van der Waals surface area contributed by atoms with Crippen LogP contribution in [0, 0.1) is 12.8 Å². The SMILES string of the molecule is COc1ccc([C@@H]2CN(C(=O)c3ccc(C)c(O)c3)[C@@H]3C4CCN(CC4)[C@@H]32)cc1. The van der Waals surface area contributed by atoms with Gasteiger partial charge in [0.25, 0.3) is 5.91 Å². The molecule has 2 aromatic carbocycles. The fourth-order valence-electron chi connectivity index (χ4n) is 5.71. The first-order valence-electron chi connectivity index (χ1n) is 10.6. The normalized spacial score (nSPS) is 30.3. The second kappa shape index (κ2) is 7.06. The highest BCUT2D eigenvalue weighted by atomic mass is 16.5. The number of ether oxygens (including phenoxy) is 1. The van der Waals surface area contributed by atoms with Gasteiger partial charge in [-0.2, -0.15) is 0 Å². The molecule has 0 unspecified atom stereocenters. The van der Waals surface area contributed by atoms with Gasteiger partial charge in [-0.25, -0.2) is 0 Å². The quantitative estimate of drug-likeness (QED) is 0.870. The van der Waals surface area contributed by atoms with E-state index in [0.29, 0.717) is 23.4 Å². The summed E-state index contributed by atoms with van der Waals surface area (Å²) >= 11 is 0. The lowest BCUT2D eigenvalue weighted by Gasteiger charge is -2.51. The molecule has 0 aromatic heterocycles. The highest BCUT2D eigenvalue weighted by Gasteiger charge is 2.54. The number of methoxy groups -OCH3 is 1. The number of likely N-dealkylation sites (tertiary alicyclic amines) is 1. The number of amides is 1. The van der Waals surface area contributed by atoms with Crippen LogP contribution in [-0.4, -0.2) is 59.6 Å². The molecule has 0 radical (unpaired) electrons. The van der Waals surface area contributed by atoms with Crippen molar-refractivity contribution in [2.24, 2.45) is 5.92 Å². The molecule has 5 nitrogen and oxygen atoms in total. The molecular formula is C24H28N2O3. The van der Waals surface area contributed by atoms with Crippen molar-refractivity contribution < 1.29 is 14.6 Å². The Hall–Kier alpha value is -2.53. The van der Waals surface area contributed by atoms with Crippen molar-refractivity contribution in [2.75, 3.05) is 26.7 Å². The lowest BCUT2D eigenvalue weighted by Crippen LogP contribution is -2.60. The third-order valence-corrected chi connectivity index (χ3v) is 7.26. The Balaban J connectivity index is 1.50. The summed E-state index contributed by atoms with van der Waals surface area (Å²) in [4.78, 5) is 18.2. The van der Waals surface area contributed by atoms with Crippen molar-refractivity contribution in [2.45, 2.75) is 37.8 Å². The second-order valence-electron chi connectivity index (χ2n) is 8.69. The minimum Gasteiger partial charge on any atom is -0.508 e. The van der Waals surface area contributed by atoms with Crippen LogP contribution in [0.4, 0.5) is 0 Å². The summed E-state index contributed by atoms with van der Waals surface area (Å²) in [6.07, 6.45) is 2.33. The number of benzene rings is 2. The first-order chi connectivity index (χ1) is 14.1. The predicted molar refractivity (Wildman–Crippen MR) is 111 cm³/mol. The number of aromatic hydroxyl groups is 1. The van der Waals surface area contributed by atoms with Crippen molar-refractivity contribution in [3.63, 3.8) is 0 Å². The molecule has 4 fully saturated rings. The van der Waals surface area contributed by atoms with E-state index < -0.39 is 0 Å². The number of fused-ring (bicyclic) bond motifs is 2. The number of piperidine rings is 3. The van der Waals surface area contributed by atoms with Gasteiger partial charge in [-0.1, -0.05) is 18.2 Å².